The van der Waals surface area contributed by atoms with E-state index in [4.69, 9.17) is 0 Å². The van der Waals surface area contributed by atoms with E-state index >= 15 is 0 Å². The lowest BCUT2D eigenvalue weighted by molar-refractivity contribution is 0.103. The van der Waals surface area contributed by atoms with Crippen molar-refractivity contribution in [1.29, 1.82) is 0 Å². The predicted octanol–water partition coefficient (Wildman–Crippen LogP) is 4.31. The minimum absolute atomic E-state index is 0.187. The molecule has 100 valence electrons. The summed E-state index contributed by atoms with van der Waals surface area (Å²) >= 11 is 3.30. The summed E-state index contributed by atoms with van der Waals surface area (Å²) in [5, 5.41) is 0.871. The molecule has 0 fully saturated rings. The van der Waals surface area contributed by atoms with Crippen LogP contribution in [0.15, 0.2) is 53.1 Å². The van der Waals surface area contributed by atoms with Crippen LogP contribution in [0.1, 0.15) is 15.9 Å². The molecule has 0 saturated carbocycles. The van der Waals surface area contributed by atoms with Gasteiger partial charge in [0.15, 0.2) is 5.78 Å². The lowest BCUT2D eigenvalue weighted by atomic mass is 10.0. The van der Waals surface area contributed by atoms with E-state index in [-0.39, 0.29) is 5.78 Å². The van der Waals surface area contributed by atoms with E-state index in [1.165, 1.54) is 12.1 Å². The average Bonchev–Trinajstić information content (AvgIpc) is 2.79. The van der Waals surface area contributed by atoms with Crippen molar-refractivity contribution in [3.8, 4) is 0 Å². The molecule has 1 aromatic heterocycles. The molecular formula is C16H11BrFNO. The van der Waals surface area contributed by atoms with Crippen molar-refractivity contribution in [3.63, 3.8) is 0 Å². The fourth-order valence-corrected chi connectivity index (χ4v) is 2.77. The standard InChI is InChI=1S/C16H11BrFNO/c1-19-9-13(11-4-2-3-5-15(11)19)16(20)12-8-10(18)6-7-14(12)17/h2-9H,1H3. The molecule has 4 heteroatoms. The van der Waals surface area contributed by atoms with Crippen LogP contribution in [0, 0.1) is 5.82 Å². The molecule has 1 heterocycles. The van der Waals surface area contributed by atoms with Crippen molar-refractivity contribution in [3.05, 3.63) is 70.1 Å². The molecule has 0 bridgehead atoms. The van der Waals surface area contributed by atoms with Gasteiger partial charge in [0, 0.05) is 39.7 Å². The minimum Gasteiger partial charge on any atom is -0.350 e. The van der Waals surface area contributed by atoms with E-state index in [0.717, 1.165) is 10.9 Å². The summed E-state index contributed by atoms with van der Waals surface area (Å²) in [4.78, 5) is 12.6. The van der Waals surface area contributed by atoms with Crippen LogP contribution in [0.5, 0.6) is 0 Å². The van der Waals surface area contributed by atoms with Crippen molar-refractivity contribution in [1.82, 2.24) is 4.57 Å². The highest BCUT2D eigenvalue weighted by Crippen LogP contribution is 2.26. The van der Waals surface area contributed by atoms with Gasteiger partial charge in [-0.15, -0.1) is 0 Å². The number of fused-ring (bicyclic) bond motifs is 1. The van der Waals surface area contributed by atoms with Crippen LogP contribution < -0.4 is 0 Å². The van der Waals surface area contributed by atoms with Crippen LogP contribution in [-0.2, 0) is 7.05 Å². The minimum atomic E-state index is -0.420. The molecule has 0 aliphatic heterocycles. The van der Waals surface area contributed by atoms with E-state index in [9.17, 15) is 9.18 Å². The van der Waals surface area contributed by atoms with Gasteiger partial charge >= 0.3 is 0 Å². The molecule has 2 nitrogen and oxygen atoms in total. The Balaban J connectivity index is 2.20. The number of ketones is 1. The van der Waals surface area contributed by atoms with Gasteiger partial charge in [-0.2, -0.15) is 0 Å². The number of carbonyl (C=O) groups excluding carboxylic acids is 1. The Bertz CT molecular complexity index is 822. The van der Waals surface area contributed by atoms with Gasteiger partial charge in [-0.3, -0.25) is 4.79 Å². The zero-order valence-corrected chi connectivity index (χ0v) is 12.3. The van der Waals surface area contributed by atoms with Crippen LogP contribution in [0.2, 0.25) is 0 Å². The maximum absolute atomic E-state index is 13.4. The number of benzene rings is 2. The first-order valence-corrected chi connectivity index (χ1v) is 6.91. The van der Waals surface area contributed by atoms with Crippen molar-refractivity contribution in [2.45, 2.75) is 0 Å². The zero-order valence-electron chi connectivity index (χ0n) is 10.7. The fourth-order valence-electron chi connectivity index (χ4n) is 2.34. The number of rotatable bonds is 2. The number of hydrogen-bond acceptors (Lipinski definition) is 1. The number of nitrogens with zero attached hydrogens (tertiary/aromatic N) is 1. The summed E-state index contributed by atoms with van der Waals surface area (Å²) in [6, 6.07) is 11.8. The summed E-state index contributed by atoms with van der Waals surface area (Å²) in [7, 11) is 1.89. The smallest absolute Gasteiger partial charge is 0.196 e. The second kappa shape index (κ2) is 4.87. The number of hydrogen-bond donors (Lipinski definition) is 0. The molecule has 3 rings (SSSR count). The number of aryl methyl sites for hydroxylation is 1. The number of carbonyl (C=O) groups is 1. The molecule has 0 N–H and O–H groups in total. The van der Waals surface area contributed by atoms with E-state index in [0.29, 0.717) is 15.6 Å². The van der Waals surface area contributed by atoms with Crippen molar-refractivity contribution < 1.29 is 9.18 Å². The molecule has 0 amide bonds. The van der Waals surface area contributed by atoms with E-state index in [1.54, 1.807) is 12.3 Å². The second-order valence-electron chi connectivity index (χ2n) is 4.62. The Morgan fingerprint density at radius 1 is 1.15 bits per heavy atom. The summed E-state index contributed by atoms with van der Waals surface area (Å²) in [6.07, 6.45) is 1.78. The summed E-state index contributed by atoms with van der Waals surface area (Å²) in [6.45, 7) is 0. The number of aromatic nitrogens is 1. The third-order valence-electron chi connectivity index (χ3n) is 3.31. The molecule has 0 radical (unpaired) electrons. The van der Waals surface area contributed by atoms with Gasteiger partial charge in [0.05, 0.1) is 0 Å². The molecular weight excluding hydrogens is 321 g/mol. The molecule has 20 heavy (non-hydrogen) atoms. The highest BCUT2D eigenvalue weighted by atomic mass is 79.9. The molecule has 0 unspecified atom stereocenters. The van der Waals surface area contributed by atoms with E-state index in [1.807, 2.05) is 35.9 Å². The predicted molar refractivity (Wildman–Crippen MR) is 80.5 cm³/mol. The van der Waals surface area contributed by atoms with Gasteiger partial charge in [-0.1, -0.05) is 34.1 Å². The van der Waals surface area contributed by atoms with Gasteiger partial charge in [0.2, 0.25) is 0 Å². The van der Waals surface area contributed by atoms with Gasteiger partial charge in [-0.25, -0.2) is 4.39 Å². The topological polar surface area (TPSA) is 22.0 Å². The van der Waals surface area contributed by atoms with Crippen LogP contribution in [-0.4, -0.2) is 10.4 Å². The fraction of sp³-hybridized carbons (Fsp3) is 0.0625. The monoisotopic (exact) mass is 331 g/mol. The number of halogens is 2. The average molecular weight is 332 g/mol. The summed E-state index contributed by atoms with van der Waals surface area (Å²) in [5.41, 5.74) is 1.89. The maximum atomic E-state index is 13.4. The normalized spacial score (nSPS) is 10.9. The Kier molecular flexibility index (Phi) is 3.18. The molecule has 0 aliphatic rings. The van der Waals surface area contributed by atoms with E-state index < -0.39 is 5.82 Å². The van der Waals surface area contributed by atoms with Crippen molar-refractivity contribution >= 4 is 32.6 Å². The molecule has 2 aromatic carbocycles. The van der Waals surface area contributed by atoms with Crippen LogP contribution >= 0.6 is 15.9 Å². The third-order valence-corrected chi connectivity index (χ3v) is 4.01. The summed E-state index contributed by atoms with van der Waals surface area (Å²) < 4.78 is 15.9. The van der Waals surface area contributed by atoms with Crippen molar-refractivity contribution in [2.24, 2.45) is 7.05 Å². The molecule has 0 atom stereocenters. The Morgan fingerprint density at radius 2 is 1.90 bits per heavy atom. The second-order valence-corrected chi connectivity index (χ2v) is 5.48. The third kappa shape index (κ3) is 2.06. The Hall–Kier alpha value is -1.94. The van der Waals surface area contributed by atoms with Crippen LogP contribution in [0.25, 0.3) is 10.9 Å². The highest BCUT2D eigenvalue weighted by Gasteiger charge is 2.18. The first-order valence-electron chi connectivity index (χ1n) is 6.12. The molecule has 3 aromatic rings. The highest BCUT2D eigenvalue weighted by molar-refractivity contribution is 9.10. The molecule has 0 spiro atoms. The lowest BCUT2D eigenvalue weighted by Gasteiger charge is -2.03. The quantitative estimate of drug-likeness (QED) is 0.641. The molecule has 0 saturated heterocycles. The van der Waals surface area contributed by atoms with Gasteiger partial charge in [0.25, 0.3) is 0 Å². The Morgan fingerprint density at radius 3 is 2.70 bits per heavy atom. The zero-order chi connectivity index (χ0) is 14.3. The first kappa shape index (κ1) is 13.1. The van der Waals surface area contributed by atoms with E-state index in [2.05, 4.69) is 15.9 Å². The lowest BCUT2D eigenvalue weighted by Crippen LogP contribution is -2.02. The van der Waals surface area contributed by atoms with Crippen LogP contribution in [0.3, 0.4) is 0 Å². The number of para-hydroxylation sites is 1. The van der Waals surface area contributed by atoms with Gasteiger partial charge < -0.3 is 4.57 Å². The SMILES string of the molecule is Cn1cc(C(=O)c2cc(F)ccc2Br)c2ccccc21. The Labute approximate surface area is 124 Å². The van der Waals surface area contributed by atoms with Crippen LogP contribution in [0.4, 0.5) is 4.39 Å². The van der Waals surface area contributed by atoms with Gasteiger partial charge in [0.1, 0.15) is 5.82 Å². The molecule has 0 aliphatic carbocycles. The van der Waals surface area contributed by atoms with Gasteiger partial charge in [-0.05, 0) is 24.3 Å². The first-order chi connectivity index (χ1) is 9.58. The summed E-state index contributed by atoms with van der Waals surface area (Å²) in [5.74, 6) is -0.607. The van der Waals surface area contributed by atoms with Crippen molar-refractivity contribution in [2.75, 3.05) is 0 Å². The maximum Gasteiger partial charge on any atom is 0.196 e. The largest absolute Gasteiger partial charge is 0.350 e.